The number of carbonyl (C=O) groups is 1. The van der Waals surface area contributed by atoms with E-state index < -0.39 is 0 Å². The Morgan fingerprint density at radius 3 is 2.93 bits per heavy atom. The van der Waals surface area contributed by atoms with Crippen molar-refractivity contribution in [2.75, 3.05) is 5.88 Å². The molecule has 0 N–H and O–H groups in total. The van der Waals surface area contributed by atoms with E-state index in [9.17, 15) is 4.79 Å². The van der Waals surface area contributed by atoms with Crippen LogP contribution in [0.4, 0.5) is 0 Å². The number of benzene rings is 1. The van der Waals surface area contributed by atoms with Crippen LogP contribution in [0.25, 0.3) is 6.08 Å². The average molecular weight is 221 g/mol. The summed E-state index contributed by atoms with van der Waals surface area (Å²) in [7, 11) is 0. The van der Waals surface area contributed by atoms with Crippen molar-refractivity contribution in [2.45, 2.75) is 19.3 Å². The summed E-state index contributed by atoms with van der Waals surface area (Å²) in [5.74, 6) is 0.0127. The van der Waals surface area contributed by atoms with Gasteiger partial charge in [-0.15, -0.1) is 11.6 Å². The molecule has 1 aromatic carbocycles. The summed E-state index contributed by atoms with van der Waals surface area (Å²) < 4.78 is 0. The number of allylic oxidation sites excluding steroid dienone is 1. The Bertz CT molecular complexity index is 407. The summed E-state index contributed by atoms with van der Waals surface area (Å²) in [6, 6.07) is 6.38. The molecule has 0 heterocycles. The maximum Gasteiger partial charge on any atom is 0.170 e. The lowest BCUT2D eigenvalue weighted by Crippen LogP contribution is -1.92. The van der Waals surface area contributed by atoms with Gasteiger partial charge in [-0.1, -0.05) is 24.3 Å². The van der Waals surface area contributed by atoms with Crippen molar-refractivity contribution in [1.82, 2.24) is 0 Å². The quantitative estimate of drug-likeness (QED) is 0.566. The summed E-state index contributed by atoms with van der Waals surface area (Å²) in [6.45, 7) is 0. The fraction of sp³-hybridized carbons (Fsp3) is 0.308. The van der Waals surface area contributed by atoms with E-state index >= 15 is 0 Å². The number of ketones is 1. The van der Waals surface area contributed by atoms with E-state index in [2.05, 4.69) is 18.2 Å². The van der Waals surface area contributed by atoms with Gasteiger partial charge in [-0.25, -0.2) is 0 Å². The molecule has 0 aliphatic heterocycles. The van der Waals surface area contributed by atoms with Crippen LogP contribution in [0.2, 0.25) is 0 Å². The Hall–Kier alpha value is -1.08. The summed E-state index contributed by atoms with van der Waals surface area (Å²) in [5.41, 5.74) is 3.97. The Kier molecular flexibility index (Phi) is 3.22. The van der Waals surface area contributed by atoms with Gasteiger partial charge in [-0.3, -0.25) is 4.79 Å². The molecule has 78 valence electrons. The van der Waals surface area contributed by atoms with Gasteiger partial charge in [0.05, 0.1) is 5.88 Å². The molecule has 0 saturated carbocycles. The monoisotopic (exact) mass is 220 g/mol. The highest BCUT2D eigenvalue weighted by molar-refractivity contribution is 6.29. The summed E-state index contributed by atoms with van der Waals surface area (Å²) in [5, 5.41) is 0. The number of alkyl halides is 1. The molecule has 2 heteroatoms. The molecule has 0 aromatic heterocycles. The molecular weight excluding hydrogens is 208 g/mol. The van der Waals surface area contributed by atoms with Crippen LogP contribution in [-0.2, 0) is 17.6 Å². The Morgan fingerprint density at radius 1 is 1.33 bits per heavy atom. The fourth-order valence-electron chi connectivity index (χ4n) is 1.93. The second kappa shape index (κ2) is 4.63. The number of hydrogen-bond donors (Lipinski definition) is 0. The first-order valence-corrected chi connectivity index (χ1v) is 5.72. The lowest BCUT2D eigenvalue weighted by atomic mass is 10.1. The highest BCUT2D eigenvalue weighted by Crippen LogP contribution is 2.23. The van der Waals surface area contributed by atoms with Crippen LogP contribution in [0.1, 0.15) is 23.1 Å². The number of carbonyl (C=O) groups excluding carboxylic acids is 1. The van der Waals surface area contributed by atoms with Crippen LogP contribution in [0.3, 0.4) is 0 Å². The molecule has 1 nitrogen and oxygen atoms in total. The van der Waals surface area contributed by atoms with Crippen molar-refractivity contribution >= 4 is 23.5 Å². The van der Waals surface area contributed by atoms with Crippen molar-refractivity contribution in [3.8, 4) is 0 Å². The van der Waals surface area contributed by atoms with Crippen LogP contribution in [0.15, 0.2) is 24.3 Å². The molecule has 1 aromatic rings. The van der Waals surface area contributed by atoms with Crippen LogP contribution in [0.5, 0.6) is 0 Å². The van der Waals surface area contributed by atoms with Crippen molar-refractivity contribution < 1.29 is 4.79 Å². The number of rotatable bonds is 3. The lowest BCUT2D eigenvalue weighted by molar-refractivity contribution is -0.112. The van der Waals surface area contributed by atoms with E-state index in [4.69, 9.17) is 11.6 Å². The third kappa shape index (κ3) is 2.48. The van der Waals surface area contributed by atoms with E-state index in [-0.39, 0.29) is 11.7 Å². The van der Waals surface area contributed by atoms with Gasteiger partial charge in [0.1, 0.15) is 0 Å². The van der Waals surface area contributed by atoms with E-state index in [1.54, 1.807) is 6.08 Å². The molecule has 0 unspecified atom stereocenters. The maximum atomic E-state index is 11.0. The summed E-state index contributed by atoms with van der Waals surface area (Å²) >= 11 is 5.41. The van der Waals surface area contributed by atoms with Gasteiger partial charge in [0.2, 0.25) is 0 Å². The van der Waals surface area contributed by atoms with Crippen molar-refractivity contribution in [3.05, 3.63) is 41.0 Å². The maximum absolute atomic E-state index is 11.0. The van der Waals surface area contributed by atoms with E-state index in [1.807, 2.05) is 6.08 Å². The molecule has 0 saturated heterocycles. The van der Waals surface area contributed by atoms with Gasteiger partial charge in [0, 0.05) is 0 Å². The lowest BCUT2D eigenvalue weighted by Gasteiger charge is -1.99. The highest BCUT2D eigenvalue weighted by atomic mass is 35.5. The van der Waals surface area contributed by atoms with Crippen LogP contribution < -0.4 is 0 Å². The minimum atomic E-state index is -0.0443. The number of aryl methyl sites for hydroxylation is 2. The molecule has 0 spiro atoms. The molecule has 1 aliphatic rings. The molecule has 0 radical (unpaired) electrons. The standard InChI is InChI=1S/C13H13ClO/c14-9-13(15)7-5-10-4-6-11-2-1-3-12(11)8-10/h4-8H,1-3,9H2. The molecule has 0 bridgehead atoms. The molecule has 15 heavy (non-hydrogen) atoms. The van der Waals surface area contributed by atoms with Crippen LogP contribution >= 0.6 is 11.6 Å². The minimum Gasteiger partial charge on any atom is -0.294 e. The first-order valence-electron chi connectivity index (χ1n) is 5.18. The van der Waals surface area contributed by atoms with Crippen molar-refractivity contribution in [2.24, 2.45) is 0 Å². The number of halogens is 1. The van der Waals surface area contributed by atoms with Gasteiger partial charge in [0.15, 0.2) is 5.78 Å². The predicted molar refractivity (Wildman–Crippen MR) is 63.2 cm³/mol. The van der Waals surface area contributed by atoms with Crippen molar-refractivity contribution in [3.63, 3.8) is 0 Å². The minimum absolute atomic E-state index is 0.0443. The smallest absolute Gasteiger partial charge is 0.170 e. The zero-order chi connectivity index (χ0) is 10.7. The second-order valence-electron chi connectivity index (χ2n) is 3.81. The normalized spacial score (nSPS) is 14.5. The average Bonchev–Trinajstić information content (AvgIpc) is 2.72. The highest BCUT2D eigenvalue weighted by Gasteiger charge is 2.09. The number of hydrogen-bond acceptors (Lipinski definition) is 1. The van der Waals surface area contributed by atoms with Gasteiger partial charge in [0.25, 0.3) is 0 Å². The summed E-state index contributed by atoms with van der Waals surface area (Å²) in [4.78, 5) is 11.0. The molecule has 0 atom stereocenters. The Labute approximate surface area is 94.8 Å². The van der Waals surface area contributed by atoms with Gasteiger partial charge in [-0.05, 0) is 42.0 Å². The number of fused-ring (bicyclic) bond motifs is 1. The molecule has 0 fully saturated rings. The van der Waals surface area contributed by atoms with Crippen molar-refractivity contribution in [1.29, 1.82) is 0 Å². The topological polar surface area (TPSA) is 17.1 Å². The van der Waals surface area contributed by atoms with Crippen LogP contribution in [-0.4, -0.2) is 11.7 Å². The molecule has 1 aliphatic carbocycles. The molecular formula is C13H13ClO. The van der Waals surface area contributed by atoms with E-state index in [0.717, 1.165) is 5.56 Å². The third-order valence-corrected chi connectivity index (χ3v) is 2.98. The fourth-order valence-corrected chi connectivity index (χ4v) is 2.02. The zero-order valence-corrected chi connectivity index (χ0v) is 9.26. The van der Waals surface area contributed by atoms with E-state index in [0.29, 0.717) is 0 Å². The Balaban J connectivity index is 2.16. The molecule has 2 rings (SSSR count). The zero-order valence-electron chi connectivity index (χ0n) is 8.50. The predicted octanol–water partition coefficient (Wildman–Crippen LogP) is 3.00. The van der Waals surface area contributed by atoms with Gasteiger partial charge in [-0.2, -0.15) is 0 Å². The second-order valence-corrected chi connectivity index (χ2v) is 4.08. The SMILES string of the molecule is O=C(C=Cc1ccc2c(c1)CCC2)CCl. The molecule has 0 amide bonds. The van der Waals surface area contributed by atoms with Crippen LogP contribution in [0, 0.1) is 0 Å². The van der Waals surface area contributed by atoms with E-state index in [1.165, 1.54) is 30.4 Å². The first kappa shape index (κ1) is 10.4. The third-order valence-electron chi connectivity index (χ3n) is 2.72. The first-order chi connectivity index (χ1) is 7.29. The summed E-state index contributed by atoms with van der Waals surface area (Å²) in [6.07, 6.45) is 7.00. The largest absolute Gasteiger partial charge is 0.294 e. The van der Waals surface area contributed by atoms with Gasteiger partial charge >= 0.3 is 0 Å². The Morgan fingerprint density at radius 2 is 2.13 bits per heavy atom. The van der Waals surface area contributed by atoms with Gasteiger partial charge < -0.3 is 0 Å².